The molecule has 0 spiro atoms. The van der Waals surface area contributed by atoms with E-state index in [4.69, 9.17) is 4.74 Å². The van der Waals surface area contributed by atoms with E-state index in [1.54, 1.807) is 17.0 Å². The minimum atomic E-state index is -1.35. The summed E-state index contributed by atoms with van der Waals surface area (Å²) in [7, 11) is 1.35. The van der Waals surface area contributed by atoms with Gasteiger partial charge in [0, 0.05) is 18.8 Å². The zero-order valence-electron chi connectivity index (χ0n) is 15.2. The second-order valence-electron chi connectivity index (χ2n) is 6.24. The van der Waals surface area contributed by atoms with Gasteiger partial charge in [-0.2, -0.15) is 4.99 Å². The van der Waals surface area contributed by atoms with Crippen LogP contribution >= 0.6 is 31.9 Å². The molecular formula is C19H20Br2N2O5. The second kappa shape index (κ2) is 10.6. The van der Waals surface area contributed by atoms with Crippen molar-refractivity contribution in [1.82, 2.24) is 4.90 Å². The summed E-state index contributed by atoms with van der Waals surface area (Å²) < 4.78 is 5.69. The Morgan fingerprint density at radius 2 is 2.07 bits per heavy atom. The summed E-state index contributed by atoms with van der Waals surface area (Å²) in [4.78, 5) is 29.1. The molecule has 150 valence electrons. The van der Waals surface area contributed by atoms with Crippen LogP contribution in [0.4, 0.5) is 0 Å². The lowest BCUT2D eigenvalue weighted by Gasteiger charge is -2.31. The van der Waals surface area contributed by atoms with Gasteiger partial charge >= 0.3 is 5.97 Å². The second-order valence-corrected chi connectivity index (χ2v) is 7.94. The molecule has 1 aliphatic rings. The summed E-state index contributed by atoms with van der Waals surface area (Å²) in [6, 6.07) is 2.85. The van der Waals surface area contributed by atoms with Gasteiger partial charge in [-0.15, -0.1) is 0 Å². The molecule has 0 bridgehead atoms. The van der Waals surface area contributed by atoms with Crippen LogP contribution in [0, 0.1) is 0 Å². The van der Waals surface area contributed by atoms with E-state index in [1.165, 1.54) is 13.3 Å². The predicted octanol–water partition coefficient (Wildman–Crippen LogP) is 2.71. The molecule has 1 saturated heterocycles. The number of carbonyl (C=O) groups excluding carboxylic acids is 2. The number of halogens is 2. The minimum Gasteiger partial charge on any atom is -0.506 e. The Kier molecular flexibility index (Phi) is 8.48. The number of rotatable bonds is 5. The van der Waals surface area contributed by atoms with Crippen molar-refractivity contribution in [1.29, 1.82) is 0 Å². The number of aliphatic imine (C=N–C) groups is 1. The molecule has 1 fully saturated rings. The lowest BCUT2D eigenvalue weighted by atomic mass is 10.0. The van der Waals surface area contributed by atoms with Crippen LogP contribution in [0.3, 0.4) is 0 Å². The fourth-order valence-electron chi connectivity index (χ4n) is 2.82. The first-order valence-electron chi connectivity index (χ1n) is 8.60. The lowest BCUT2D eigenvalue weighted by Crippen LogP contribution is -2.41. The third kappa shape index (κ3) is 6.06. The highest BCUT2D eigenvalue weighted by Crippen LogP contribution is 2.33. The van der Waals surface area contributed by atoms with Gasteiger partial charge in [0.15, 0.2) is 0 Å². The van der Waals surface area contributed by atoms with Crippen LogP contribution in [0.15, 0.2) is 38.0 Å². The normalized spacial score (nSPS) is 17.1. The molecule has 0 saturated carbocycles. The summed E-state index contributed by atoms with van der Waals surface area (Å²) in [5.74, 6) is 1.33. The molecule has 0 aromatic heterocycles. The summed E-state index contributed by atoms with van der Waals surface area (Å²) >= 11 is 6.40. The van der Waals surface area contributed by atoms with Gasteiger partial charge in [0.2, 0.25) is 0 Å². The smallest absolute Gasteiger partial charge is 0.328 e. The molecule has 9 heteroatoms. The first-order valence-corrected chi connectivity index (χ1v) is 10.2. The number of nitrogens with zero attached hydrogens (tertiary/aromatic N) is 2. The molecule has 2 N–H and O–H groups in total. The zero-order chi connectivity index (χ0) is 20.7. The van der Waals surface area contributed by atoms with Gasteiger partial charge in [0.1, 0.15) is 17.9 Å². The van der Waals surface area contributed by atoms with E-state index in [2.05, 4.69) is 48.5 Å². The number of benzene rings is 1. The van der Waals surface area contributed by atoms with Gasteiger partial charge in [0.25, 0.3) is 5.91 Å². The molecule has 0 radical (unpaired) electrons. The predicted molar refractivity (Wildman–Crippen MR) is 110 cm³/mol. The maximum Gasteiger partial charge on any atom is 0.328 e. The number of aliphatic hydroxyl groups is 1. The SMILES string of the molecule is COC(=O)[C@@H]1CCCCN1C=C=C=NC(=O)[C@H](O)Cc1cc(Br)c(O)c(Br)c1. The highest BCUT2D eigenvalue weighted by Gasteiger charge is 2.27. The molecule has 1 heterocycles. The number of piperidine rings is 1. The molecule has 2 atom stereocenters. The Labute approximate surface area is 179 Å². The number of hydrogen-bond donors (Lipinski definition) is 2. The first kappa shape index (κ1) is 22.4. The van der Waals surface area contributed by atoms with Gasteiger partial charge < -0.3 is 19.8 Å². The standard InChI is InChI=1S/C19H20Br2N2O5/c1-28-19(27)15-5-2-3-7-23(15)8-4-6-22-18(26)16(24)11-12-9-13(20)17(25)14(21)10-12/h8-10,15-16,24-25H,2-3,5,7,11H2,1H3/t15-,16+/m0/s1. The van der Waals surface area contributed by atoms with Crippen molar-refractivity contribution in [2.75, 3.05) is 13.7 Å². The fraction of sp³-hybridized carbons (Fsp3) is 0.421. The Bertz CT molecular complexity index is 822. The Hall–Kier alpha value is -1.89. The third-order valence-electron chi connectivity index (χ3n) is 4.27. The van der Waals surface area contributed by atoms with Crippen molar-refractivity contribution in [3.63, 3.8) is 0 Å². The first-order chi connectivity index (χ1) is 13.3. The molecule has 1 aromatic rings. The van der Waals surface area contributed by atoms with Crippen LogP contribution < -0.4 is 0 Å². The Morgan fingerprint density at radius 3 is 2.71 bits per heavy atom. The number of carbonyl (C=O) groups is 2. The average Bonchev–Trinajstić information content (AvgIpc) is 2.68. The number of amides is 1. The number of aliphatic hydroxyl groups excluding tert-OH is 1. The van der Waals surface area contributed by atoms with E-state index in [0.29, 0.717) is 27.5 Å². The van der Waals surface area contributed by atoms with E-state index < -0.39 is 12.0 Å². The van der Waals surface area contributed by atoms with Crippen LogP contribution in [-0.4, -0.2) is 58.7 Å². The quantitative estimate of drug-likeness (QED) is 0.355. The molecule has 1 aliphatic heterocycles. The van der Waals surface area contributed by atoms with Crippen LogP contribution in [0.5, 0.6) is 5.75 Å². The van der Waals surface area contributed by atoms with Gasteiger partial charge in [-0.3, -0.25) is 4.79 Å². The van der Waals surface area contributed by atoms with Gasteiger partial charge in [-0.1, -0.05) is 0 Å². The molecule has 28 heavy (non-hydrogen) atoms. The van der Waals surface area contributed by atoms with Crippen molar-refractivity contribution in [3.05, 3.63) is 38.6 Å². The number of aromatic hydroxyl groups is 1. The van der Waals surface area contributed by atoms with Crippen molar-refractivity contribution >= 4 is 49.6 Å². The Morgan fingerprint density at radius 1 is 1.39 bits per heavy atom. The van der Waals surface area contributed by atoms with E-state index in [-0.39, 0.29) is 24.2 Å². The maximum absolute atomic E-state index is 12.0. The molecule has 0 unspecified atom stereocenters. The zero-order valence-corrected chi connectivity index (χ0v) is 18.4. The number of phenols is 1. The van der Waals surface area contributed by atoms with Crippen molar-refractivity contribution in [2.24, 2.45) is 4.99 Å². The number of ether oxygens (including phenoxy) is 1. The molecule has 2 rings (SSSR count). The fourth-order valence-corrected chi connectivity index (χ4v) is 4.10. The number of hydrogen-bond acceptors (Lipinski definition) is 6. The van der Waals surface area contributed by atoms with E-state index in [9.17, 15) is 19.8 Å². The van der Waals surface area contributed by atoms with Crippen LogP contribution in [0.1, 0.15) is 24.8 Å². The number of phenolic OH excluding ortho intramolecular Hbond substituents is 1. The summed E-state index contributed by atoms with van der Waals surface area (Å²) in [5.41, 5.74) is 3.28. The van der Waals surface area contributed by atoms with E-state index in [1.807, 2.05) is 0 Å². The average molecular weight is 516 g/mol. The van der Waals surface area contributed by atoms with E-state index in [0.717, 1.165) is 12.8 Å². The third-order valence-corrected chi connectivity index (χ3v) is 5.48. The van der Waals surface area contributed by atoms with Crippen LogP contribution in [-0.2, 0) is 20.7 Å². The number of esters is 1. The van der Waals surface area contributed by atoms with E-state index >= 15 is 0 Å². The molecular weight excluding hydrogens is 496 g/mol. The summed E-state index contributed by atoms with van der Waals surface area (Å²) in [6.45, 7) is 0.676. The minimum absolute atomic E-state index is 0.0295. The molecule has 0 aliphatic carbocycles. The lowest BCUT2D eigenvalue weighted by molar-refractivity contribution is -0.147. The highest BCUT2D eigenvalue weighted by atomic mass is 79.9. The van der Waals surface area contributed by atoms with Crippen LogP contribution in [0.2, 0.25) is 0 Å². The molecule has 7 nitrogen and oxygen atoms in total. The topological polar surface area (TPSA) is 99.4 Å². The van der Waals surface area contributed by atoms with Gasteiger partial charge in [0.05, 0.1) is 22.3 Å². The van der Waals surface area contributed by atoms with Crippen molar-refractivity contribution in [2.45, 2.75) is 37.8 Å². The number of likely N-dealkylation sites (tertiary alicyclic amines) is 1. The van der Waals surface area contributed by atoms with Crippen molar-refractivity contribution in [3.8, 4) is 5.75 Å². The maximum atomic E-state index is 12.0. The Balaban J connectivity index is 2.03. The van der Waals surface area contributed by atoms with Gasteiger partial charge in [-0.05, 0) is 74.5 Å². The molecule has 1 aromatic carbocycles. The molecule has 1 amide bonds. The van der Waals surface area contributed by atoms with Gasteiger partial charge in [-0.25, -0.2) is 4.79 Å². The summed E-state index contributed by atoms with van der Waals surface area (Å²) in [6.07, 6.45) is 2.78. The highest BCUT2D eigenvalue weighted by molar-refractivity contribution is 9.11. The largest absolute Gasteiger partial charge is 0.506 e. The summed E-state index contributed by atoms with van der Waals surface area (Å²) in [5, 5.41) is 19.7. The van der Waals surface area contributed by atoms with Crippen LogP contribution in [0.25, 0.3) is 0 Å². The number of methoxy groups -OCH3 is 1. The van der Waals surface area contributed by atoms with Crippen molar-refractivity contribution < 1.29 is 24.5 Å². The monoisotopic (exact) mass is 514 g/mol.